The molecule has 3 N–H and O–H groups in total. The average Bonchev–Trinajstić information content (AvgIpc) is 2.85. The molecule has 2 aliphatic rings. The van der Waals surface area contributed by atoms with Crippen LogP contribution in [-0.2, 0) is 9.47 Å². The van der Waals surface area contributed by atoms with Gasteiger partial charge in [0.1, 0.15) is 11.6 Å². The van der Waals surface area contributed by atoms with Gasteiger partial charge in [0.15, 0.2) is 0 Å². The predicted octanol–water partition coefficient (Wildman–Crippen LogP) is 4.78. The Morgan fingerprint density at radius 1 is 1.18 bits per heavy atom. The number of amides is 2. The second-order valence-electron chi connectivity index (χ2n) is 9.77. The van der Waals surface area contributed by atoms with E-state index in [-0.39, 0.29) is 18.0 Å². The molecule has 192 valence electrons. The van der Waals surface area contributed by atoms with Crippen LogP contribution in [0.4, 0.5) is 13.6 Å². The van der Waals surface area contributed by atoms with Gasteiger partial charge in [0.25, 0.3) is 0 Å². The molecule has 0 bridgehead atoms. The maximum absolute atomic E-state index is 14.7. The number of piperidine rings is 1. The third-order valence-electron chi connectivity index (χ3n) is 7.19. The molecular weight excluding hydrogens is 440 g/mol. The molecule has 2 amide bonds. The molecule has 1 heterocycles. The lowest BCUT2D eigenvalue weighted by Crippen LogP contribution is -2.51. The number of carbonyl (C=O) groups is 1. The molecule has 3 unspecified atom stereocenters. The first-order valence-electron chi connectivity index (χ1n) is 12.8. The summed E-state index contributed by atoms with van der Waals surface area (Å²) in [7, 11) is 1.62. The molecular formula is C26H41F2N3O3. The van der Waals surface area contributed by atoms with E-state index in [1.54, 1.807) is 12.0 Å². The number of nitrogens with two attached hydrogens (primary N) is 1. The van der Waals surface area contributed by atoms with Gasteiger partial charge in [-0.05, 0) is 37.7 Å². The van der Waals surface area contributed by atoms with E-state index in [9.17, 15) is 13.6 Å². The number of likely N-dealkylation sites (tertiary alicyclic amines) is 1. The fraction of sp³-hybridized carbons (Fsp3) is 0.731. The van der Waals surface area contributed by atoms with Crippen molar-refractivity contribution in [2.24, 2.45) is 17.6 Å². The Bertz CT molecular complexity index is 761. The number of nitrogens with one attached hydrogen (secondary N) is 1. The summed E-state index contributed by atoms with van der Waals surface area (Å²) in [5.41, 5.74) is 6.33. The van der Waals surface area contributed by atoms with Gasteiger partial charge in [-0.25, -0.2) is 13.6 Å². The van der Waals surface area contributed by atoms with Crippen LogP contribution < -0.4 is 11.1 Å². The van der Waals surface area contributed by atoms with E-state index < -0.39 is 17.7 Å². The molecule has 3 atom stereocenters. The summed E-state index contributed by atoms with van der Waals surface area (Å²) >= 11 is 0. The van der Waals surface area contributed by atoms with Crippen LogP contribution in [-0.4, -0.2) is 56.9 Å². The maximum atomic E-state index is 14.7. The summed E-state index contributed by atoms with van der Waals surface area (Å²) in [5, 5.41) is 3.14. The van der Waals surface area contributed by atoms with E-state index in [1.165, 1.54) is 44.2 Å². The Hall–Kier alpha value is -1.77. The molecule has 34 heavy (non-hydrogen) atoms. The number of urea groups is 1. The molecule has 0 aromatic heterocycles. The molecule has 0 spiro atoms. The van der Waals surface area contributed by atoms with Gasteiger partial charge in [0, 0.05) is 63.5 Å². The van der Waals surface area contributed by atoms with Gasteiger partial charge in [-0.1, -0.05) is 38.2 Å². The Balaban J connectivity index is 1.64. The Labute approximate surface area is 202 Å². The highest BCUT2D eigenvalue weighted by Crippen LogP contribution is 2.35. The van der Waals surface area contributed by atoms with E-state index >= 15 is 0 Å². The molecule has 1 aromatic rings. The molecule has 1 aliphatic heterocycles. The summed E-state index contributed by atoms with van der Waals surface area (Å²) < 4.78 is 39.4. The van der Waals surface area contributed by atoms with Gasteiger partial charge in [0.2, 0.25) is 0 Å². The number of hydrogen-bond acceptors (Lipinski definition) is 4. The zero-order valence-electron chi connectivity index (χ0n) is 20.4. The van der Waals surface area contributed by atoms with Gasteiger partial charge in [-0.3, -0.25) is 0 Å². The van der Waals surface area contributed by atoms with Crippen LogP contribution in [0.15, 0.2) is 18.2 Å². The van der Waals surface area contributed by atoms with Crippen molar-refractivity contribution in [3.63, 3.8) is 0 Å². The van der Waals surface area contributed by atoms with Crippen molar-refractivity contribution in [3.8, 4) is 0 Å². The monoisotopic (exact) mass is 481 g/mol. The van der Waals surface area contributed by atoms with Crippen LogP contribution >= 0.6 is 0 Å². The summed E-state index contributed by atoms with van der Waals surface area (Å²) in [4.78, 5) is 14.9. The summed E-state index contributed by atoms with van der Waals surface area (Å²) in [5.74, 6) is -0.691. The number of nitrogens with zero attached hydrogens (tertiary/aromatic N) is 1. The van der Waals surface area contributed by atoms with E-state index in [2.05, 4.69) is 5.32 Å². The topological polar surface area (TPSA) is 76.8 Å². The van der Waals surface area contributed by atoms with Crippen molar-refractivity contribution in [1.29, 1.82) is 0 Å². The molecule has 6 nitrogen and oxygen atoms in total. The van der Waals surface area contributed by atoms with Crippen LogP contribution in [0.1, 0.15) is 69.5 Å². The molecule has 1 saturated heterocycles. The maximum Gasteiger partial charge on any atom is 0.317 e. The summed E-state index contributed by atoms with van der Waals surface area (Å²) in [6.07, 6.45) is 8.89. The first kappa shape index (κ1) is 26.8. The van der Waals surface area contributed by atoms with Crippen molar-refractivity contribution < 1.29 is 23.0 Å². The minimum absolute atomic E-state index is 0.0355. The van der Waals surface area contributed by atoms with Crippen LogP contribution in [0.3, 0.4) is 0 Å². The largest absolute Gasteiger partial charge is 0.385 e. The van der Waals surface area contributed by atoms with Gasteiger partial charge in [0.05, 0.1) is 6.10 Å². The van der Waals surface area contributed by atoms with E-state index in [0.717, 1.165) is 25.3 Å². The molecule has 8 heteroatoms. The highest BCUT2D eigenvalue weighted by atomic mass is 19.1. The number of benzene rings is 1. The second kappa shape index (κ2) is 14.0. The lowest BCUT2D eigenvalue weighted by molar-refractivity contribution is -0.0186. The lowest BCUT2D eigenvalue weighted by atomic mass is 9.85. The van der Waals surface area contributed by atoms with Gasteiger partial charge >= 0.3 is 6.03 Å². The zero-order chi connectivity index (χ0) is 24.3. The van der Waals surface area contributed by atoms with Crippen LogP contribution in [0.25, 0.3) is 0 Å². The molecule has 0 radical (unpaired) electrons. The minimum Gasteiger partial charge on any atom is -0.385 e. The molecule has 2 fully saturated rings. The number of rotatable bonds is 11. The molecule has 1 aromatic carbocycles. The second-order valence-corrected chi connectivity index (χ2v) is 9.77. The predicted molar refractivity (Wildman–Crippen MR) is 128 cm³/mol. The van der Waals surface area contributed by atoms with Crippen LogP contribution in [0, 0.1) is 23.5 Å². The van der Waals surface area contributed by atoms with Gasteiger partial charge in [-0.15, -0.1) is 0 Å². The fourth-order valence-corrected chi connectivity index (χ4v) is 5.37. The van der Waals surface area contributed by atoms with Crippen LogP contribution in [0.5, 0.6) is 0 Å². The van der Waals surface area contributed by atoms with E-state index in [4.69, 9.17) is 15.2 Å². The minimum atomic E-state index is -0.617. The molecule has 1 saturated carbocycles. The fourth-order valence-electron chi connectivity index (χ4n) is 5.37. The van der Waals surface area contributed by atoms with E-state index in [1.807, 2.05) is 0 Å². The summed E-state index contributed by atoms with van der Waals surface area (Å²) in [6, 6.07) is 3.46. The van der Waals surface area contributed by atoms with E-state index in [0.29, 0.717) is 50.8 Å². The number of ether oxygens (including phenoxy) is 2. The standard InChI is InChI=1S/C26H41F2N3O3/c1-33-13-6-14-34-25(23-11-10-21(27)16-24(23)28)20-9-5-12-31(18-20)26(32)30-22(17-29)15-19-7-3-2-4-8-19/h10-11,16,19-20,22,25H,2-9,12-15,17-18,29H2,1H3,(H,30,32). The van der Waals surface area contributed by atoms with Crippen molar-refractivity contribution in [3.05, 3.63) is 35.4 Å². The third-order valence-corrected chi connectivity index (χ3v) is 7.19. The molecule has 1 aliphatic carbocycles. The van der Waals surface area contributed by atoms with Crippen molar-refractivity contribution in [2.75, 3.05) is 40.0 Å². The highest BCUT2D eigenvalue weighted by molar-refractivity contribution is 5.74. The number of halogens is 2. The third kappa shape index (κ3) is 7.89. The van der Waals surface area contributed by atoms with Gasteiger partial charge < -0.3 is 25.4 Å². The van der Waals surface area contributed by atoms with Crippen molar-refractivity contribution >= 4 is 6.03 Å². The Kier molecular flexibility index (Phi) is 11.0. The van der Waals surface area contributed by atoms with Crippen molar-refractivity contribution in [2.45, 2.75) is 69.9 Å². The Morgan fingerprint density at radius 3 is 2.68 bits per heavy atom. The van der Waals surface area contributed by atoms with Crippen molar-refractivity contribution in [1.82, 2.24) is 10.2 Å². The normalized spacial score (nSPS) is 21.3. The quantitative estimate of drug-likeness (QED) is 0.446. The summed E-state index contributed by atoms with van der Waals surface area (Å²) in [6.45, 7) is 2.46. The number of methoxy groups -OCH3 is 1. The van der Waals surface area contributed by atoms with Crippen LogP contribution in [0.2, 0.25) is 0 Å². The Morgan fingerprint density at radius 2 is 1.97 bits per heavy atom. The number of carbonyl (C=O) groups excluding carboxylic acids is 1. The highest BCUT2D eigenvalue weighted by Gasteiger charge is 2.33. The first-order valence-corrected chi connectivity index (χ1v) is 12.8. The average molecular weight is 482 g/mol. The molecule has 3 rings (SSSR count). The first-order chi connectivity index (χ1) is 16.5. The smallest absolute Gasteiger partial charge is 0.317 e. The SMILES string of the molecule is COCCCOC(c1ccc(F)cc1F)C1CCCN(C(=O)NC(CN)CC2CCCCC2)C1. The zero-order valence-corrected chi connectivity index (χ0v) is 20.4. The number of hydrogen-bond donors (Lipinski definition) is 2. The lowest BCUT2D eigenvalue weighted by Gasteiger charge is -2.38. The van der Waals surface area contributed by atoms with Gasteiger partial charge in [-0.2, -0.15) is 0 Å².